The topological polar surface area (TPSA) is 29.1 Å². The second-order valence-electron chi connectivity index (χ2n) is 6.53. The van der Waals surface area contributed by atoms with Crippen LogP contribution in [0.4, 0.5) is 0 Å². The van der Waals surface area contributed by atoms with Crippen molar-refractivity contribution in [2.24, 2.45) is 5.41 Å². The molecule has 18 heavy (non-hydrogen) atoms. The van der Waals surface area contributed by atoms with E-state index >= 15 is 0 Å². The fourth-order valence-corrected chi connectivity index (χ4v) is 1.99. The maximum Gasteiger partial charge on any atom is 0.219 e. The molecule has 0 unspecified atom stereocenters. The maximum atomic E-state index is 11.5. The quantitative estimate of drug-likeness (QED) is 0.564. The average molecular weight is 255 g/mol. The van der Waals surface area contributed by atoms with Gasteiger partial charge in [-0.05, 0) is 24.7 Å². The molecule has 0 aliphatic carbocycles. The number of carbonyl (C=O) groups is 1. The molecule has 0 atom stereocenters. The van der Waals surface area contributed by atoms with E-state index in [0.29, 0.717) is 11.8 Å². The molecule has 0 saturated heterocycles. The van der Waals surface area contributed by atoms with E-state index in [1.54, 1.807) is 0 Å². The molecule has 0 rings (SSSR count). The lowest BCUT2D eigenvalue weighted by Crippen LogP contribution is -2.23. The van der Waals surface area contributed by atoms with E-state index in [0.717, 1.165) is 19.4 Å². The lowest BCUT2D eigenvalue weighted by molar-refractivity contribution is -0.121. The Morgan fingerprint density at radius 3 is 2.22 bits per heavy atom. The average Bonchev–Trinajstić information content (AvgIpc) is 2.27. The predicted octanol–water partition coefficient (Wildman–Crippen LogP) is 4.68. The molecular formula is C16H33NO. The summed E-state index contributed by atoms with van der Waals surface area (Å²) in [5, 5.41) is 3.01. The molecule has 0 aliphatic heterocycles. The van der Waals surface area contributed by atoms with Gasteiger partial charge in [-0.15, -0.1) is 0 Å². The van der Waals surface area contributed by atoms with Gasteiger partial charge in [0.05, 0.1) is 0 Å². The monoisotopic (exact) mass is 255 g/mol. The standard InChI is InChI=1S/C16H33NO/c1-5-6-7-11-14-17-15(18)12-9-8-10-13-16(2,3)4/h5-14H2,1-4H3,(H,17,18). The normalized spacial score (nSPS) is 11.6. The molecule has 0 spiro atoms. The molecule has 108 valence electrons. The van der Waals surface area contributed by atoms with Crippen molar-refractivity contribution in [3.8, 4) is 0 Å². The highest BCUT2D eigenvalue weighted by Crippen LogP contribution is 2.22. The molecule has 1 amide bonds. The van der Waals surface area contributed by atoms with E-state index in [1.165, 1.54) is 38.5 Å². The minimum absolute atomic E-state index is 0.238. The largest absolute Gasteiger partial charge is 0.356 e. The number of carbonyl (C=O) groups excluding carboxylic acids is 1. The van der Waals surface area contributed by atoms with Crippen molar-refractivity contribution >= 4 is 5.91 Å². The minimum Gasteiger partial charge on any atom is -0.356 e. The molecule has 1 N–H and O–H groups in total. The SMILES string of the molecule is CCCCCCNC(=O)CCCCCC(C)(C)C. The van der Waals surface area contributed by atoms with Gasteiger partial charge >= 0.3 is 0 Å². The van der Waals surface area contributed by atoms with E-state index in [1.807, 2.05) is 0 Å². The van der Waals surface area contributed by atoms with E-state index in [-0.39, 0.29) is 5.91 Å². The van der Waals surface area contributed by atoms with Crippen molar-refractivity contribution in [2.45, 2.75) is 85.5 Å². The lowest BCUT2D eigenvalue weighted by Gasteiger charge is -2.17. The van der Waals surface area contributed by atoms with Crippen LogP contribution in [-0.4, -0.2) is 12.5 Å². The second kappa shape index (κ2) is 10.4. The van der Waals surface area contributed by atoms with Crippen LogP contribution in [0.25, 0.3) is 0 Å². The number of rotatable bonds is 10. The predicted molar refractivity (Wildman–Crippen MR) is 79.7 cm³/mol. The van der Waals surface area contributed by atoms with Gasteiger partial charge in [0.2, 0.25) is 5.91 Å². The van der Waals surface area contributed by atoms with Crippen molar-refractivity contribution in [3.63, 3.8) is 0 Å². The first-order chi connectivity index (χ1) is 8.45. The zero-order valence-corrected chi connectivity index (χ0v) is 13.0. The number of unbranched alkanes of at least 4 members (excludes halogenated alkanes) is 5. The van der Waals surface area contributed by atoms with Gasteiger partial charge in [0.25, 0.3) is 0 Å². The van der Waals surface area contributed by atoms with Crippen LogP contribution >= 0.6 is 0 Å². The smallest absolute Gasteiger partial charge is 0.219 e. The van der Waals surface area contributed by atoms with Gasteiger partial charge in [-0.2, -0.15) is 0 Å². The zero-order chi connectivity index (χ0) is 13.9. The fraction of sp³-hybridized carbons (Fsp3) is 0.938. The molecule has 0 aliphatic rings. The number of amides is 1. The van der Waals surface area contributed by atoms with Crippen molar-refractivity contribution in [1.82, 2.24) is 5.32 Å². The van der Waals surface area contributed by atoms with Gasteiger partial charge in [0.15, 0.2) is 0 Å². The molecule has 0 fully saturated rings. The summed E-state index contributed by atoms with van der Waals surface area (Å²) in [6, 6.07) is 0. The molecule has 0 aromatic carbocycles. The van der Waals surface area contributed by atoms with Crippen LogP contribution in [0, 0.1) is 5.41 Å². The minimum atomic E-state index is 0.238. The van der Waals surface area contributed by atoms with Crippen LogP contribution in [0.2, 0.25) is 0 Å². The van der Waals surface area contributed by atoms with E-state index < -0.39 is 0 Å². The lowest BCUT2D eigenvalue weighted by atomic mass is 9.89. The van der Waals surface area contributed by atoms with Crippen LogP contribution in [0.1, 0.15) is 85.5 Å². The highest BCUT2D eigenvalue weighted by Gasteiger charge is 2.09. The van der Waals surface area contributed by atoms with E-state index in [9.17, 15) is 4.79 Å². The first-order valence-electron chi connectivity index (χ1n) is 7.72. The molecule has 0 aromatic heterocycles. The van der Waals surface area contributed by atoms with Crippen molar-refractivity contribution in [3.05, 3.63) is 0 Å². The summed E-state index contributed by atoms with van der Waals surface area (Å²) >= 11 is 0. The van der Waals surface area contributed by atoms with Crippen molar-refractivity contribution < 1.29 is 4.79 Å². The zero-order valence-electron chi connectivity index (χ0n) is 13.0. The first kappa shape index (κ1) is 17.5. The third-order valence-electron chi connectivity index (χ3n) is 3.18. The Balaban J connectivity index is 3.27. The summed E-state index contributed by atoms with van der Waals surface area (Å²) in [7, 11) is 0. The molecular weight excluding hydrogens is 222 g/mol. The third kappa shape index (κ3) is 13.5. The van der Waals surface area contributed by atoms with E-state index in [4.69, 9.17) is 0 Å². The summed E-state index contributed by atoms with van der Waals surface area (Å²) in [6.07, 6.45) is 10.3. The van der Waals surface area contributed by atoms with Crippen molar-refractivity contribution in [1.29, 1.82) is 0 Å². The first-order valence-corrected chi connectivity index (χ1v) is 7.72. The van der Waals surface area contributed by atoms with Crippen LogP contribution in [0.5, 0.6) is 0 Å². The molecule has 0 aromatic rings. The molecule has 0 bridgehead atoms. The van der Waals surface area contributed by atoms with Crippen LogP contribution < -0.4 is 5.32 Å². The van der Waals surface area contributed by atoms with Gasteiger partial charge in [0, 0.05) is 13.0 Å². The summed E-state index contributed by atoms with van der Waals surface area (Å²) in [4.78, 5) is 11.5. The summed E-state index contributed by atoms with van der Waals surface area (Å²) < 4.78 is 0. The second-order valence-corrected chi connectivity index (χ2v) is 6.53. The van der Waals surface area contributed by atoms with Gasteiger partial charge in [-0.3, -0.25) is 4.79 Å². The Bertz CT molecular complexity index is 206. The molecule has 0 radical (unpaired) electrons. The number of hydrogen-bond acceptors (Lipinski definition) is 1. The van der Waals surface area contributed by atoms with Gasteiger partial charge in [0.1, 0.15) is 0 Å². The Morgan fingerprint density at radius 2 is 1.61 bits per heavy atom. The number of nitrogens with one attached hydrogen (secondary N) is 1. The Hall–Kier alpha value is -0.530. The summed E-state index contributed by atoms with van der Waals surface area (Å²) in [5.41, 5.74) is 0.432. The summed E-state index contributed by atoms with van der Waals surface area (Å²) in [5.74, 6) is 0.238. The van der Waals surface area contributed by atoms with Gasteiger partial charge in [-0.25, -0.2) is 0 Å². The van der Waals surface area contributed by atoms with Gasteiger partial charge in [-0.1, -0.05) is 59.8 Å². The summed E-state index contributed by atoms with van der Waals surface area (Å²) in [6.45, 7) is 9.89. The van der Waals surface area contributed by atoms with Crippen LogP contribution in [0.15, 0.2) is 0 Å². The Labute approximate surface area is 114 Å². The third-order valence-corrected chi connectivity index (χ3v) is 3.18. The molecule has 0 saturated carbocycles. The molecule has 2 heteroatoms. The van der Waals surface area contributed by atoms with Gasteiger partial charge < -0.3 is 5.32 Å². The Kier molecular flexibility index (Phi) is 10.1. The maximum absolute atomic E-state index is 11.5. The molecule has 2 nitrogen and oxygen atoms in total. The van der Waals surface area contributed by atoms with E-state index in [2.05, 4.69) is 33.0 Å². The highest BCUT2D eigenvalue weighted by molar-refractivity contribution is 5.75. The Morgan fingerprint density at radius 1 is 0.944 bits per heavy atom. The fourth-order valence-electron chi connectivity index (χ4n) is 1.99. The highest BCUT2D eigenvalue weighted by atomic mass is 16.1. The van der Waals surface area contributed by atoms with Crippen LogP contribution in [0.3, 0.4) is 0 Å². The molecule has 0 heterocycles. The van der Waals surface area contributed by atoms with Crippen LogP contribution in [-0.2, 0) is 4.79 Å². The van der Waals surface area contributed by atoms with Crippen molar-refractivity contribution in [2.75, 3.05) is 6.54 Å². The number of hydrogen-bond donors (Lipinski definition) is 1.